The van der Waals surface area contributed by atoms with Crippen LogP contribution in [0.2, 0.25) is 0 Å². The highest BCUT2D eigenvalue weighted by molar-refractivity contribution is 6.07. The summed E-state index contributed by atoms with van der Waals surface area (Å²) in [5, 5.41) is 2.98. The van der Waals surface area contributed by atoms with E-state index < -0.39 is 0 Å². The van der Waals surface area contributed by atoms with Gasteiger partial charge in [-0.15, -0.1) is 0 Å². The average molecular weight is 362 g/mol. The Labute approximate surface area is 158 Å². The summed E-state index contributed by atoms with van der Waals surface area (Å²) in [6.07, 6.45) is 0.915. The number of nitrogens with zero attached hydrogens (tertiary/aromatic N) is 3. The Balaban J connectivity index is 1.72. The second-order valence-corrected chi connectivity index (χ2v) is 6.49. The SMILES string of the molecule is CCc1cccc(NC(=O)c2nc3ccccc3nc2N2CCOCC2)c1. The van der Waals surface area contributed by atoms with Gasteiger partial charge in [0.15, 0.2) is 11.5 Å². The summed E-state index contributed by atoms with van der Waals surface area (Å²) in [7, 11) is 0. The van der Waals surface area contributed by atoms with Crippen molar-refractivity contribution >= 4 is 28.4 Å². The third-order valence-corrected chi connectivity index (χ3v) is 4.67. The number of carbonyl (C=O) groups excluding carboxylic acids is 1. The smallest absolute Gasteiger partial charge is 0.278 e. The first-order valence-corrected chi connectivity index (χ1v) is 9.24. The fraction of sp³-hybridized carbons (Fsp3) is 0.286. The van der Waals surface area contributed by atoms with Crippen LogP contribution in [-0.2, 0) is 11.2 Å². The number of anilines is 2. The van der Waals surface area contributed by atoms with E-state index in [4.69, 9.17) is 9.72 Å². The Kier molecular flexibility index (Phi) is 4.98. The molecule has 1 fully saturated rings. The van der Waals surface area contributed by atoms with Crippen LogP contribution in [0.25, 0.3) is 11.0 Å². The molecular formula is C21H22N4O2. The molecule has 138 valence electrons. The van der Waals surface area contributed by atoms with Crippen molar-refractivity contribution in [2.45, 2.75) is 13.3 Å². The molecule has 0 saturated carbocycles. The number of aryl methyl sites for hydroxylation is 1. The molecule has 1 aromatic heterocycles. The average Bonchev–Trinajstić information content (AvgIpc) is 2.73. The zero-order chi connectivity index (χ0) is 18.6. The maximum Gasteiger partial charge on any atom is 0.278 e. The van der Waals surface area contributed by atoms with Crippen LogP contribution in [0.1, 0.15) is 23.0 Å². The normalized spacial score (nSPS) is 14.3. The number of ether oxygens (including phenoxy) is 1. The predicted octanol–water partition coefficient (Wildman–Crippen LogP) is 3.28. The van der Waals surface area contributed by atoms with E-state index in [0.717, 1.165) is 17.6 Å². The van der Waals surface area contributed by atoms with Crippen LogP contribution in [0.3, 0.4) is 0 Å². The maximum absolute atomic E-state index is 13.0. The molecule has 27 heavy (non-hydrogen) atoms. The minimum Gasteiger partial charge on any atom is -0.378 e. The zero-order valence-electron chi connectivity index (χ0n) is 15.3. The molecule has 1 saturated heterocycles. The van der Waals surface area contributed by atoms with Crippen LogP contribution in [-0.4, -0.2) is 42.2 Å². The highest BCUT2D eigenvalue weighted by Gasteiger charge is 2.23. The maximum atomic E-state index is 13.0. The molecule has 6 nitrogen and oxygen atoms in total. The second-order valence-electron chi connectivity index (χ2n) is 6.49. The minimum absolute atomic E-state index is 0.247. The van der Waals surface area contributed by atoms with Crippen molar-refractivity contribution in [3.8, 4) is 0 Å². The molecule has 1 aliphatic rings. The number of hydrogen-bond donors (Lipinski definition) is 1. The number of benzene rings is 2. The molecule has 4 rings (SSSR count). The van der Waals surface area contributed by atoms with E-state index in [2.05, 4.69) is 22.1 Å². The second kappa shape index (κ2) is 7.72. The van der Waals surface area contributed by atoms with Gasteiger partial charge in [-0.2, -0.15) is 0 Å². The van der Waals surface area contributed by atoms with Gasteiger partial charge in [0, 0.05) is 18.8 Å². The van der Waals surface area contributed by atoms with Crippen molar-refractivity contribution in [2.24, 2.45) is 0 Å². The van der Waals surface area contributed by atoms with Gasteiger partial charge in [0.05, 0.1) is 24.2 Å². The molecule has 3 aromatic rings. The lowest BCUT2D eigenvalue weighted by Crippen LogP contribution is -2.38. The van der Waals surface area contributed by atoms with Crippen molar-refractivity contribution in [1.29, 1.82) is 0 Å². The standard InChI is InChI=1S/C21H22N4O2/c1-2-15-6-5-7-16(14-15)22-21(26)19-20(25-10-12-27-13-11-25)24-18-9-4-3-8-17(18)23-19/h3-9,14H,2,10-13H2,1H3,(H,22,26). The van der Waals surface area contributed by atoms with E-state index in [9.17, 15) is 4.79 Å². The Morgan fingerprint density at radius 1 is 1.07 bits per heavy atom. The topological polar surface area (TPSA) is 67.4 Å². The Morgan fingerprint density at radius 3 is 2.56 bits per heavy atom. The number of morpholine rings is 1. The Morgan fingerprint density at radius 2 is 1.81 bits per heavy atom. The molecule has 1 amide bonds. The largest absolute Gasteiger partial charge is 0.378 e. The molecule has 1 aliphatic heterocycles. The Hall–Kier alpha value is -2.99. The molecule has 0 bridgehead atoms. The van der Waals surface area contributed by atoms with E-state index in [1.54, 1.807) is 0 Å². The van der Waals surface area contributed by atoms with Gasteiger partial charge in [0.1, 0.15) is 0 Å². The molecule has 2 aromatic carbocycles. The summed E-state index contributed by atoms with van der Waals surface area (Å²) < 4.78 is 5.44. The number of rotatable bonds is 4. The van der Waals surface area contributed by atoms with Gasteiger partial charge in [-0.25, -0.2) is 9.97 Å². The summed E-state index contributed by atoms with van der Waals surface area (Å²) in [5.74, 6) is 0.365. The van der Waals surface area contributed by atoms with Gasteiger partial charge in [0.25, 0.3) is 5.91 Å². The lowest BCUT2D eigenvalue weighted by molar-refractivity contribution is 0.102. The molecule has 6 heteroatoms. The number of carbonyl (C=O) groups is 1. The highest BCUT2D eigenvalue weighted by Crippen LogP contribution is 2.23. The van der Waals surface area contributed by atoms with Crippen molar-refractivity contribution < 1.29 is 9.53 Å². The van der Waals surface area contributed by atoms with Crippen molar-refractivity contribution in [1.82, 2.24) is 9.97 Å². The Bertz CT molecular complexity index is 967. The fourth-order valence-electron chi connectivity index (χ4n) is 3.20. The number of aromatic nitrogens is 2. The first-order chi connectivity index (χ1) is 13.2. The van der Waals surface area contributed by atoms with Gasteiger partial charge < -0.3 is 15.0 Å². The third-order valence-electron chi connectivity index (χ3n) is 4.67. The molecule has 0 aliphatic carbocycles. The monoisotopic (exact) mass is 362 g/mol. The highest BCUT2D eigenvalue weighted by atomic mass is 16.5. The van der Waals surface area contributed by atoms with Crippen LogP contribution in [0.15, 0.2) is 48.5 Å². The molecule has 0 radical (unpaired) electrons. The summed E-state index contributed by atoms with van der Waals surface area (Å²) in [4.78, 5) is 24.5. The van der Waals surface area contributed by atoms with Gasteiger partial charge in [-0.3, -0.25) is 4.79 Å². The van der Waals surface area contributed by atoms with Crippen LogP contribution in [0.5, 0.6) is 0 Å². The molecule has 0 spiro atoms. The number of amides is 1. The lowest BCUT2D eigenvalue weighted by Gasteiger charge is -2.29. The van der Waals surface area contributed by atoms with E-state index in [1.165, 1.54) is 5.56 Å². The van der Waals surface area contributed by atoms with Crippen molar-refractivity contribution in [3.63, 3.8) is 0 Å². The lowest BCUT2D eigenvalue weighted by atomic mass is 10.1. The van der Waals surface area contributed by atoms with Crippen LogP contribution < -0.4 is 10.2 Å². The van der Waals surface area contributed by atoms with E-state index in [-0.39, 0.29) is 5.91 Å². The number of fused-ring (bicyclic) bond motifs is 1. The van der Waals surface area contributed by atoms with Gasteiger partial charge in [-0.05, 0) is 36.2 Å². The minimum atomic E-state index is -0.247. The zero-order valence-corrected chi connectivity index (χ0v) is 15.3. The first-order valence-electron chi connectivity index (χ1n) is 9.24. The summed E-state index contributed by atoms with van der Waals surface area (Å²) in [6, 6.07) is 15.5. The predicted molar refractivity (Wildman–Crippen MR) is 106 cm³/mol. The number of nitrogens with one attached hydrogen (secondary N) is 1. The molecule has 1 N–H and O–H groups in total. The van der Waals surface area contributed by atoms with E-state index >= 15 is 0 Å². The van der Waals surface area contributed by atoms with E-state index in [0.29, 0.717) is 43.3 Å². The third kappa shape index (κ3) is 3.75. The first kappa shape index (κ1) is 17.4. The van der Waals surface area contributed by atoms with Crippen molar-refractivity contribution in [3.05, 3.63) is 59.8 Å². The number of para-hydroxylation sites is 2. The molecule has 2 heterocycles. The van der Waals surface area contributed by atoms with Crippen molar-refractivity contribution in [2.75, 3.05) is 36.5 Å². The summed E-state index contributed by atoms with van der Waals surface area (Å²) in [6.45, 7) is 4.71. The number of hydrogen-bond acceptors (Lipinski definition) is 5. The molecular weight excluding hydrogens is 340 g/mol. The van der Waals surface area contributed by atoms with E-state index in [1.807, 2.05) is 48.5 Å². The van der Waals surface area contributed by atoms with Gasteiger partial charge in [-0.1, -0.05) is 31.2 Å². The van der Waals surface area contributed by atoms with Crippen LogP contribution in [0.4, 0.5) is 11.5 Å². The van der Waals surface area contributed by atoms with Crippen LogP contribution in [0, 0.1) is 0 Å². The summed E-state index contributed by atoms with van der Waals surface area (Å²) in [5.41, 5.74) is 3.77. The van der Waals surface area contributed by atoms with Gasteiger partial charge >= 0.3 is 0 Å². The van der Waals surface area contributed by atoms with Crippen LogP contribution >= 0.6 is 0 Å². The molecule has 0 unspecified atom stereocenters. The molecule has 0 atom stereocenters. The fourth-order valence-corrected chi connectivity index (χ4v) is 3.20. The summed E-state index contributed by atoms with van der Waals surface area (Å²) >= 11 is 0. The van der Waals surface area contributed by atoms with Gasteiger partial charge in [0.2, 0.25) is 0 Å². The quantitative estimate of drug-likeness (QED) is 0.771.